The van der Waals surface area contributed by atoms with E-state index in [1.807, 2.05) is 13.2 Å². The number of thiol groups is 1. The van der Waals surface area contributed by atoms with Crippen molar-refractivity contribution in [1.82, 2.24) is 0 Å². The van der Waals surface area contributed by atoms with Crippen LogP contribution in [0.2, 0.25) is 0 Å². The summed E-state index contributed by atoms with van der Waals surface area (Å²) in [4.78, 5) is 0. The Labute approximate surface area is 85.0 Å². The fraction of sp³-hybridized carbons (Fsp3) is 0.800. The number of hydrogen-bond donors (Lipinski definition) is 1. The summed E-state index contributed by atoms with van der Waals surface area (Å²) in [6.07, 6.45) is 4.10. The monoisotopic (exact) mass is 362 g/mol. The minimum atomic E-state index is 0. The van der Waals surface area contributed by atoms with Crippen molar-refractivity contribution in [3.63, 3.8) is 0 Å². The average Bonchev–Trinajstić information content (AvgIpc) is 1.83. The van der Waals surface area contributed by atoms with Gasteiger partial charge in [-0.2, -0.15) is 11.4 Å². The zero-order valence-electron chi connectivity index (χ0n) is 6.18. The van der Waals surface area contributed by atoms with Crippen LogP contribution in [0.3, 0.4) is 0 Å². The molecule has 0 amide bonds. The summed E-state index contributed by atoms with van der Waals surface area (Å²) in [6.45, 7) is 2.79. The van der Waals surface area contributed by atoms with Gasteiger partial charge in [0.05, 0.1) is 6.61 Å². The number of ether oxygens (including phenoxy) is 1. The van der Waals surface area contributed by atoms with Crippen LogP contribution in [0, 0.1) is 0 Å². The zero-order valence-corrected chi connectivity index (χ0v) is 13.4. The minimum absolute atomic E-state index is 0. The van der Waals surface area contributed by atoms with Gasteiger partial charge in [-0.05, 0) is 19.4 Å². The Morgan fingerprint density at radius 3 is 2.33 bits per heavy atom. The van der Waals surface area contributed by atoms with Crippen molar-refractivity contribution in [3.8, 4) is 0 Å². The first-order chi connectivity index (χ1) is 3.85. The quantitative estimate of drug-likeness (QED) is 0.417. The molecule has 0 fully saturated rings. The van der Waals surface area contributed by atoms with Crippen LogP contribution in [-0.2, 0) is 4.74 Å². The number of rotatable bonds is 1. The molecule has 0 saturated carbocycles. The molecule has 56 valence electrons. The van der Waals surface area contributed by atoms with Crippen molar-refractivity contribution in [2.75, 3.05) is 19.1 Å². The fourth-order valence-electron chi connectivity index (χ4n) is 0.338. The Kier molecular flexibility index (Phi) is 13.7. The predicted octanol–water partition coefficient (Wildman–Crippen LogP) is 0.652. The van der Waals surface area contributed by atoms with Crippen LogP contribution in [0.1, 0.15) is 6.92 Å². The molecule has 2 radical (unpaired) electrons. The molecule has 4 heteroatoms. The van der Waals surface area contributed by atoms with Gasteiger partial charge in [0, 0.05) is 0 Å². The SMILES string of the molecule is CCOC(SC)=[SH]C.[PbH2]. The molecule has 0 rings (SSSR count). The van der Waals surface area contributed by atoms with Gasteiger partial charge in [-0.25, -0.2) is 0 Å². The molecule has 0 unspecified atom stereocenters. The van der Waals surface area contributed by atoms with Crippen molar-refractivity contribution >= 4 is 54.8 Å². The Balaban J connectivity index is 0. The van der Waals surface area contributed by atoms with Crippen molar-refractivity contribution in [3.05, 3.63) is 0 Å². The predicted molar refractivity (Wildman–Crippen MR) is 53.6 cm³/mol. The van der Waals surface area contributed by atoms with E-state index in [1.165, 1.54) is 11.4 Å². The normalized spacial score (nSPS) is 11.7. The maximum atomic E-state index is 5.21. The van der Waals surface area contributed by atoms with Gasteiger partial charge in [-0.1, -0.05) is 11.8 Å². The van der Waals surface area contributed by atoms with E-state index in [9.17, 15) is 0 Å². The van der Waals surface area contributed by atoms with Crippen molar-refractivity contribution in [1.29, 1.82) is 0 Å². The molecule has 1 nitrogen and oxygen atoms in total. The molecule has 0 atom stereocenters. The van der Waals surface area contributed by atoms with E-state index in [-0.39, 0.29) is 27.3 Å². The summed E-state index contributed by atoms with van der Waals surface area (Å²) in [7, 11) is 0. The third-order valence-corrected chi connectivity index (χ3v) is 2.68. The standard InChI is InChI=1S/C5H12OS2.Pb.2H/c1-4-6-5(7-2)8-3;;;/h7H,4H2,1-3H3;;;. The van der Waals surface area contributed by atoms with Crippen LogP contribution in [0.5, 0.6) is 0 Å². The van der Waals surface area contributed by atoms with Gasteiger partial charge in [0.2, 0.25) is 0 Å². The summed E-state index contributed by atoms with van der Waals surface area (Å²) in [6, 6.07) is 0. The molecule has 0 aromatic carbocycles. The first kappa shape index (κ1) is 13.1. The van der Waals surface area contributed by atoms with Gasteiger partial charge in [-0.15, -0.1) is 0 Å². The Hall–Kier alpha value is 1.45. The van der Waals surface area contributed by atoms with Crippen LogP contribution < -0.4 is 0 Å². The third kappa shape index (κ3) is 7.35. The second kappa shape index (κ2) is 9.45. The molecule has 0 aliphatic heterocycles. The van der Waals surface area contributed by atoms with Gasteiger partial charge >= 0.3 is 27.3 Å². The van der Waals surface area contributed by atoms with E-state index >= 15 is 0 Å². The van der Waals surface area contributed by atoms with E-state index in [0.29, 0.717) is 0 Å². The van der Waals surface area contributed by atoms with Crippen LogP contribution in [0.4, 0.5) is 0 Å². The molecule has 9 heavy (non-hydrogen) atoms. The zero-order chi connectivity index (χ0) is 6.41. The second-order valence-corrected chi connectivity index (χ2v) is 3.06. The topological polar surface area (TPSA) is 9.23 Å². The number of hydrogen-bond acceptors (Lipinski definition) is 2. The summed E-state index contributed by atoms with van der Waals surface area (Å²) < 4.78 is 6.31. The van der Waals surface area contributed by atoms with E-state index in [4.69, 9.17) is 4.74 Å². The van der Waals surface area contributed by atoms with Crippen LogP contribution in [-0.4, -0.2) is 50.8 Å². The third-order valence-electron chi connectivity index (χ3n) is 0.625. The Bertz CT molecular complexity index is 85.0. The summed E-state index contributed by atoms with van der Waals surface area (Å²) in [5.41, 5.74) is 0. The van der Waals surface area contributed by atoms with Gasteiger partial charge in [-0.3, -0.25) is 0 Å². The number of thioether (sulfide) groups is 1. The molecule has 0 N–H and O–H groups in total. The summed E-state index contributed by atoms with van der Waals surface area (Å²) >= 11 is 2.91. The van der Waals surface area contributed by atoms with Crippen molar-refractivity contribution in [2.45, 2.75) is 6.92 Å². The molecule has 0 bridgehead atoms. The van der Waals surface area contributed by atoms with Gasteiger partial charge in [0.1, 0.15) is 4.38 Å². The first-order valence-electron chi connectivity index (χ1n) is 2.48. The molecule has 0 aromatic heterocycles. The first-order valence-corrected chi connectivity index (χ1v) is 5.05. The molecule has 0 spiro atoms. The second-order valence-electron chi connectivity index (χ2n) is 1.13. The maximum absolute atomic E-state index is 5.21. The molecule has 0 aliphatic rings. The molecule has 0 heterocycles. The van der Waals surface area contributed by atoms with E-state index in [2.05, 4.69) is 6.26 Å². The van der Waals surface area contributed by atoms with E-state index in [0.717, 1.165) is 11.0 Å². The van der Waals surface area contributed by atoms with Gasteiger partial charge < -0.3 is 4.74 Å². The Morgan fingerprint density at radius 2 is 2.22 bits per heavy atom. The van der Waals surface area contributed by atoms with Gasteiger partial charge in [0.25, 0.3) is 0 Å². The average molecular weight is 362 g/mol. The van der Waals surface area contributed by atoms with Crippen molar-refractivity contribution in [2.24, 2.45) is 0 Å². The van der Waals surface area contributed by atoms with Crippen LogP contribution in [0.15, 0.2) is 0 Å². The molecular formula is C5H14OPbS2. The van der Waals surface area contributed by atoms with Gasteiger partial charge in [0.15, 0.2) is 0 Å². The summed E-state index contributed by atoms with van der Waals surface area (Å²) in [5, 5.41) is 0. The van der Waals surface area contributed by atoms with Crippen molar-refractivity contribution < 1.29 is 4.74 Å². The van der Waals surface area contributed by atoms with Crippen LogP contribution in [0.25, 0.3) is 0 Å². The molecular weight excluding hydrogens is 347 g/mol. The molecule has 0 aromatic rings. The summed E-state index contributed by atoms with van der Waals surface area (Å²) in [5.74, 6) is 0. The fourth-order valence-corrected chi connectivity index (χ4v) is 1.56. The van der Waals surface area contributed by atoms with Crippen LogP contribution >= 0.6 is 23.1 Å². The molecule has 0 saturated heterocycles. The van der Waals surface area contributed by atoms with E-state index < -0.39 is 0 Å². The van der Waals surface area contributed by atoms with E-state index in [1.54, 1.807) is 11.8 Å². The molecule has 0 aliphatic carbocycles. The Morgan fingerprint density at radius 1 is 1.67 bits per heavy atom.